The second-order valence-electron chi connectivity index (χ2n) is 7.00. The lowest BCUT2D eigenvalue weighted by molar-refractivity contribution is 0.428. The zero-order valence-corrected chi connectivity index (χ0v) is 15.9. The molecule has 6 heteroatoms. The Morgan fingerprint density at radius 3 is 1.38 bits per heavy atom. The van der Waals surface area contributed by atoms with E-state index in [9.17, 15) is 0 Å². The summed E-state index contributed by atoms with van der Waals surface area (Å²) in [5.41, 5.74) is 3.69. The predicted molar refractivity (Wildman–Crippen MR) is 108 cm³/mol. The molecule has 3 heterocycles. The van der Waals surface area contributed by atoms with Crippen molar-refractivity contribution in [2.45, 2.75) is 13.8 Å². The van der Waals surface area contributed by atoms with Crippen molar-refractivity contribution < 1.29 is 0 Å². The van der Waals surface area contributed by atoms with Crippen LogP contribution in [0.2, 0.25) is 0 Å². The van der Waals surface area contributed by atoms with Gasteiger partial charge in [-0.2, -0.15) is 0 Å². The first-order valence-corrected chi connectivity index (χ1v) is 9.34. The molecular weight excluding hydrogens is 324 g/mol. The Balaban J connectivity index is 1.65. The zero-order chi connectivity index (χ0) is 18.1. The molecule has 0 aliphatic carbocycles. The minimum atomic E-state index is 0.886. The van der Waals surface area contributed by atoms with Crippen molar-refractivity contribution in [1.29, 1.82) is 0 Å². The van der Waals surface area contributed by atoms with Crippen LogP contribution < -0.4 is 14.7 Å². The van der Waals surface area contributed by atoms with Crippen LogP contribution in [0.15, 0.2) is 55.4 Å². The SMILES string of the molecule is CCN1C=CN(c2cc(N3C=CN(C)C3)cc(N3C=CN(CC)C3)c2)C1. The first kappa shape index (κ1) is 16.7. The number of hydrogen-bond donors (Lipinski definition) is 0. The third-order valence-electron chi connectivity index (χ3n) is 5.15. The molecule has 0 bridgehead atoms. The highest BCUT2D eigenvalue weighted by Crippen LogP contribution is 2.34. The predicted octanol–water partition coefficient (Wildman–Crippen LogP) is 3.01. The Hall–Kier alpha value is -2.76. The van der Waals surface area contributed by atoms with E-state index in [1.54, 1.807) is 0 Å². The van der Waals surface area contributed by atoms with Crippen LogP contribution in [0.4, 0.5) is 17.1 Å². The molecule has 138 valence electrons. The van der Waals surface area contributed by atoms with Gasteiger partial charge >= 0.3 is 0 Å². The maximum Gasteiger partial charge on any atom is 0.0941 e. The van der Waals surface area contributed by atoms with E-state index in [1.165, 1.54) is 17.1 Å². The van der Waals surface area contributed by atoms with E-state index >= 15 is 0 Å². The molecule has 0 fully saturated rings. The van der Waals surface area contributed by atoms with Crippen molar-refractivity contribution >= 4 is 17.1 Å². The Morgan fingerprint density at radius 2 is 1.04 bits per heavy atom. The van der Waals surface area contributed by atoms with Crippen LogP contribution in [0.3, 0.4) is 0 Å². The molecule has 3 aliphatic rings. The summed E-state index contributed by atoms with van der Waals surface area (Å²) in [5, 5.41) is 0. The molecule has 0 unspecified atom stereocenters. The first-order chi connectivity index (χ1) is 12.7. The van der Waals surface area contributed by atoms with Gasteiger partial charge in [0, 0.05) is 74.4 Å². The fraction of sp³-hybridized carbons (Fsp3) is 0.400. The van der Waals surface area contributed by atoms with Gasteiger partial charge in [-0.15, -0.1) is 0 Å². The Kier molecular flexibility index (Phi) is 4.41. The van der Waals surface area contributed by atoms with Crippen LogP contribution in [0.25, 0.3) is 0 Å². The molecule has 6 nitrogen and oxygen atoms in total. The van der Waals surface area contributed by atoms with Crippen molar-refractivity contribution in [2.24, 2.45) is 0 Å². The van der Waals surface area contributed by atoms with Gasteiger partial charge in [-0.1, -0.05) is 0 Å². The van der Waals surface area contributed by atoms with Gasteiger partial charge in [0.05, 0.1) is 20.0 Å². The molecule has 0 amide bonds. The van der Waals surface area contributed by atoms with Gasteiger partial charge in [-0.25, -0.2) is 0 Å². The van der Waals surface area contributed by atoms with Crippen LogP contribution in [0, 0.1) is 0 Å². The Labute approximate surface area is 156 Å². The summed E-state index contributed by atoms with van der Waals surface area (Å²) in [6.07, 6.45) is 13.0. The second-order valence-corrected chi connectivity index (χ2v) is 7.00. The molecule has 4 rings (SSSR count). The van der Waals surface area contributed by atoms with E-state index in [-0.39, 0.29) is 0 Å². The highest BCUT2D eigenvalue weighted by atomic mass is 15.4. The van der Waals surface area contributed by atoms with Gasteiger partial charge in [-0.3, -0.25) is 0 Å². The molecule has 26 heavy (non-hydrogen) atoms. The summed E-state index contributed by atoms with van der Waals surface area (Å²) in [6.45, 7) is 9.14. The summed E-state index contributed by atoms with van der Waals surface area (Å²) in [5.74, 6) is 0. The van der Waals surface area contributed by atoms with Crippen LogP contribution in [-0.2, 0) is 0 Å². The normalized spacial score (nSPS) is 19.0. The number of rotatable bonds is 5. The van der Waals surface area contributed by atoms with Gasteiger partial charge in [-0.05, 0) is 32.0 Å². The van der Waals surface area contributed by atoms with Gasteiger partial charge < -0.3 is 29.4 Å². The van der Waals surface area contributed by atoms with Crippen LogP contribution >= 0.6 is 0 Å². The van der Waals surface area contributed by atoms with E-state index in [0.717, 1.165) is 33.1 Å². The summed E-state index contributed by atoms with van der Waals surface area (Å²) in [6, 6.07) is 6.86. The minimum Gasteiger partial charge on any atom is -0.361 e. The largest absolute Gasteiger partial charge is 0.361 e. The Bertz CT molecular complexity index is 694. The van der Waals surface area contributed by atoms with Gasteiger partial charge in [0.25, 0.3) is 0 Å². The molecule has 1 aromatic rings. The smallest absolute Gasteiger partial charge is 0.0941 e. The quantitative estimate of drug-likeness (QED) is 0.806. The van der Waals surface area contributed by atoms with Crippen molar-refractivity contribution in [2.75, 3.05) is 54.8 Å². The molecule has 0 atom stereocenters. The van der Waals surface area contributed by atoms with Gasteiger partial charge in [0.1, 0.15) is 0 Å². The summed E-state index contributed by atoms with van der Waals surface area (Å²) in [7, 11) is 2.10. The van der Waals surface area contributed by atoms with Crippen molar-refractivity contribution in [3.05, 3.63) is 55.4 Å². The molecule has 3 aliphatic heterocycles. The average molecular weight is 352 g/mol. The molecule has 0 saturated carbocycles. The molecule has 0 aromatic heterocycles. The van der Waals surface area contributed by atoms with Crippen LogP contribution in [0.1, 0.15) is 13.8 Å². The number of benzene rings is 1. The number of anilines is 3. The van der Waals surface area contributed by atoms with E-state index in [0.29, 0.717) is 0 Å². The first-order valence-electron chi connectivity index (χ1n) is 9.34. The molecule has 0 saturated heterocycles. The maximum atomic E-state index is 2.32. The van der Waals surface area contributed by atoms with E-state index in [1.807, 2.05) is 0 Å². The van der Waals surface area contributed by atoms with Gasteiger partial charge in [0.15, 0.2) is 0 Å². The third kappa shape index (κ3) is 3.19. The zero-order valence-electron chi connectivity index (χ0n) is 15.9. The summed E-state index contributed by atoms with van der Waals surface area (Å²) in [4.78, 5) is 13.7. The van der Waals surface area contributed by atoms with E-state index in [4.69, 9.17) is 0 Å². The Morgan fingerprint density at radius 1 is 0.615 bits per heavy atom. The van der Waals surface area contributed by atoms with E-state index < -0.39 is 0 Å². The highest BCUT2D eigenvalue weighted by molar-refractivity contribution is 5.72. The average Bonchev–Trinajstić information content (AvgIpc) is 3.41. The van der Waals surface area contributed by atoms with Crippen molar-refractivity contribution in [3.8, 4) is 0 Å². The summed E-state index contributed by atoms with van der Waals surface area (Å²) < 4.78 is 0. The lowest BCUT2D eigenvalue weighted by Crippen LogP contribution is -2.27. The standard InChI is InChI=1S/C20H28N6/c1-4-22-7-10-25(16-22)19-12-18(24-9-6-21(3)15-24)13-20(14-19)26-11-8-23(5-2)17-26/h6-14H,4-5,15-17H2,1-3H3. The lowest BCUT2D eigenvalue weighted by atomic mass is 10.2. The van der Waals surface area contributed by atoms with Crippen LogP contribution in [0.5, 0.6) is 0 Å². The molecule has 0 spiro atoms. The van der Waals surface area contributed by atoms with Crippen molar-refractivity contribution in [3.63, 3.8) is 0 Å². The number of nitrogens with zero attached hydrogens (tertiary/aromatic N) is 6. The topological polar surface area (TPSA) is 19.4 Å². The maximum absolute atomic E-state index is 2.32. The monoisotopic (exact) mass is 352 g/mol. The molecule has 0 radical (unpaired) electrons. The molecule has 1 aromatic carbocycles. The molecule has 0 N–H and O–H groups in total. The third-order valence-corrected chi connectivity index (χ3v) is 5.15. The highest BCUT2D eigenvalue weighted by Gasteiger charge is 2.20. The van der Waals surface area contributed by atoms with E-state index in [2.05, 4.69) is 106 Å². The second kappa shape index (κ2) is 6.86. The fourth-order valence-electron chi connectivity index (χ4n) is 3.45. The lowest BCUT2D eigenvalue weighted by Gasteiger charge is -2.27. The summed E-state index contributed by atoms with van der Waals surface area (Å²) >= 11 is 0. The molecular formula is C20H28N6. The van der Waals surface area contributed by atoms with Crippen LogP contribution in [-0.4, -0.2) is 54.8 Å². The van der Waals surface area contributed by atoms with Gasteiger partial charge in [0.2, 0.25) is 0 Å². The van der Waals surface area contributed by atoms with Crippen molar-refractivity contribution in [1.82, 2.24) is 14.7 Å². The number of hydrogen-bond acceptors (Lipinski definition) is 6. The fourth-order valence-corrected chi connectivity index (χ4v) is 3.45. The minimum absolute atomic E-state index is 0.886.